The number of hydrogen-bond donors (Lipinski definition) is 0. The predicted molar refractivity (Wildman–Crippen MR) is 147 cm³/mol. The molecule has 2 aromatic heterocycles. The second-order valence-corrected chi connectivity index (χ2v) is 10.8. The summed E-state index contributed by atoms with van der Waals surface area (Å²) in [5.74, 6) is 0.181. The molecule has 2 heterocycles. The summed E-state index contributed by atoms with van der Waals surface area (Å²) in [6.07, 6.45) is 2.30. The first-order valence-corrected chi connectivity index (χ1v) is 12.5. The van der Waals surface area contributed by atoms with Gasteiger partial charge in [0.05, 0.1) is 31.4 Å². The highest BCUT2D eigenvalue weighted by molar-refractivity contribution is 9.10. The molecule has 0 N–H and O–H groups in total. The van der Waals surface area contributed by atoms with E-state index in [0.717, 1.165) is 6.20 Å². The molecule has 0 bridgehead atoms. The minimum atomic E-state index is -0.648. The van der Waals surface area contributed by atoms with Gasteiger partial charge in [0.2, 0.25) is 11.6 Å². The fraction of sp³-hybridized carbons (Fsp3) is 0.167. The van der Waals surface area contributed by atoms with Crippen molar-refractivity contribution in [1.29, 1.82) is 0 Å². The van der Waals surface area contributed by atoms with Gasteiger partial charge < -0.3 is 4.74 Å². The van der Waals surface area contributed by atoms with Gasteiger partial charge in [-0.25, -0.2) is 9.97 Å². The summed E-state index contributed by atoms with van der Waals surface area (Å²) in [7, 11) is 0. The van der Waals surface area contributed by atoms with E-state index in [1.807, 2.05) is 20.8 Å². The number of fused-ring (bicyclic) bond motifs is 1. The number of rotatable bonds is 6. The molecule has 0 aliphatic carbocycles. The molecule has 0 saturated heterocycles. The van der Waals surface area contributed by atoms with Gasteiger partial charge >= 0.3 is 5.69 Å². The fourth-order valence-electron chi connectivity index (χ4n) is 3.42. The maximum absolute atomic E-state index is 13.3. The first kappa shape index (κ1) is 27.0. The van der Waals surface area contributed by atoms with Crippen molar-refractivity contribution in [3.8, 4) is 11.6 Å². The van der Waals surface area contributed by atoms with Crippen LogP contribution >= 0.6 is 31.9 Å². The molecular weight excluding hydrogens is 628 g/mol. The van der Waals surface area contributed by atoms with E-state index in [1.165, 1.54) is 35.2 Å². The zero-order valence-electron chi connectivity index (χ0n) is 20.1. The first-order valence-electron chi connectivity index (χ1n) is 10.9. The predicted octanol–water partition coefficient (Wildman–Crippen LogP) is 6.10. The van der Waals surface area contributed by atoms with Gasteiger partial charge in [0, 0.05) is 33.7 Å². The highest BCUT2D eigenvalue weighted by Crippen LogP contribution is 2.39. The average molecular weight is 646 g/mol. The van der Waals surface area contributed by atoms with Gasteiger partial charge in [0.15, 0.2) is 0 Å². The van der Waals surface area contributed by atoms with Crippen LogP contribution in [-0.4, -0.2) is 30.7 Å². The van der Waals surface area contributed by atoms with Gasteiger partial charge in [-0.3, -0.25) is 25.0 Å². The number of nitro benzene ring substituents is 1. The van der Waals surface area contributed by atoms with Crippen LogP contribution in [0, 0.1) is 20.2 Å². The van der Waals surface area contributed by atoms with Crippen LogP contribution in [0.2, 0.25) is 0 Å². The fourth-order valence-corrected chi connectivity index (χ4v) is 4.33. The number of ether oxygens (including phenoxy) is 1. The molecule has 0 saturated carbocycles. The van der Waals surface area contributed by atoms with E-state index in [2.05, 4.69) is 46.9 Å². The molecule has 0 unspecified atom stereocenters. The summed E-state index contributed by atoms with van der Waals surface area (Å²) in [5, 5.41) is 27.4. The van der Waals surface area contributed by atoms with Gasteiger partial charge in [-0.15, -0.1) is 0 Å². The molecule has 0 radical (unpaired) electrons. The Morgan fingerprint density at radius 3 is 2.39 bits per heavy atom. The molecule has 4 aromatic rings. The van der Waals surface area contributed by atoms with Crippen LogP contribution in [0.5, 0.6) is 11.6 Å². The number of pyridine rings is 1. The van der Waals surface area contributed by atoms with Crippen LogP contribution in [0.3, 0.4) is 0 Å². The first-order chi connectivity index (χ1) is 17.8. The van der Waals surface area contributed by atoms with E-state index in [-0.39, 0.29) is 21.8 Å². The number of aromatic nitrogens is 3. The van der Waals surface area contributed by atoms with Crippen molar-refractivity contribution >= 4 is 60.4 Å². The molecule has 4 rings (SSSR count). The highest BCUT2D eigenvalue weighted by atomic mass is 79.9. The zero-order chi connectivity index (χ0) is 27.8. The monoisotopic (exact) mass is 644 g/mol. The number of nitro groups is 2. The lowest BCUT2D eigenvalue weighted by Crippen LogP contribution is -2.29. The largest absolute Gasteiger partial charge is 0.431 e. The van der Waals surface area contributed by atoms with Crippen LogP contribution in [0.4, 0.5) is 11.4 Å². The lowest BCUT2D eigenvalue weighted by molar-refractivity contribution is -0.385. The van der Waals surface area contributed by atoms with Gasteiger partial charge in [-0.05, 0) is 40.2 Å². The summed E-state index contributed by atoms with van der Waals surface area (Å²) in [6.45, 7) is 5.68. The molecule has 0 aliphatic rings. The quantitative estimate of drug-likeness (QED) is 0.138. The normalized spacial score (nSPS) is 11.7. The van der Waals surface area contributed by atoms with Crippen molar-refractivity contribution in [1.82, 2.24) is 14.6 Å². The van der Waals surface area contributed by atoms with E-state index in [4.69, 9.17) is 4.74 Å². The van der Waals surface area contributed by atoms with Gasteiger partial charge in [0.25, 0.3) is 11.2 Å². The van der Waals surface area contributed by atoms with Crippen molar-refractivity contribution in [2.24, 2.45) is 5.10 Å². The highest BCUT2D eigenvalue weighted by Gasteiger charge is 2.24. The van der Waals surface area contributed by atoms with Gasteiger partial charge in [0.1, 0.15) is 12.0 Å². The minimum absolute atomic E-state index is 0.0735. The summed E-state index contributed by atoms with van der Waals surface area (Å²) >= 11 is 6.64. The number of benzene rings is 2. The third-order valence-electron chi connectivity index (χ3n) is 5.18. The van der Waals surface area contributed by atoms with Crippen molar-refractivity contribution in [3.05, 3.63) is 99.6 Å². The standard InChI is InChI=1S/C24H18Br2N6O6/c1-24(2,3)23-29-18-6-4-14(25)10-16(18)22(33)30(23)28-11-13-8-17(26)21(19(9-13)32(36)37)38-20-7-5-15(12-27-20)31(34)35/h4-12H,1-3H3. The van der Waals surface area contributed by atoms with E-state index in [0.29, 0.717) is 26.8 Å². The average Bonchev–Trinajstić information content (AvgIpc) is 2.84. The molecule has 0 atom stereocenters. The van der Waals surface area contributed by atoms with Crippen molar-refractivity contribution in [2.75, 3.05) is 0 Å². The second kappa shape index (κ2) is 10.4. The molecule has 38 heavy (non-hydrogen) atoms. The van der Waals surface area contributed by atoms with Crippen molar-refractivity contribution in [3.63, 3.8) is 0 Å². The smallest absolute Gasteiger partial charge is 0.313 e. The molecule has 0 fully saturated rings. The third kappa shape index (κ3) is 5.60. The SMILES string of the molecule is CC(C)(C)c1nc2ccc(Br)cc2c(=O)n1N=Cc1cc(Br)c(Oc2ccc([N+](=O)[O-])cn2)c([N+](=O)[O-])c1. The Balaban J connectivity index is 1.78. The Kier molecular flexibility index (Phi) is 7.37. The molecule has 14 heteroatoms. The Hall–Kier alpha value is -4.04. The van der Waals surface area contributed by atoms with Crippen molar-refractivity contribution in [2.45, 2.75) is 26.2 Å². The lowest BCUT2D eigenvalue weighted by Gasteiger charge is -2.20. The number of halogens is 2. The maximum Gasteiger partial charge on any atom is 0.313 e. The Labute approximate surface area is 231 Å². The van der Waals surface area contributed by atoms with Gasteiger partial charge in [-0.2, -0.15) is 9.78 Å². The van der Waals surface area contributed by atoms with Crippen LogP contribution in [0.25, 0.3) is 10.9 Å². The van der Waals surface area contributed by atoms with E-state index in [1.54, 1.807) is 18.2 Å². The topological polar surface area (TPSA) is 156 Å². The molecule has 0 amide bonds. The summed E-state index contributed by atoms with van der Waals surface area (Å²) in [4.78, 5) is 43.2. The number of nitrogens with zero attached hydrogens (tertiary/aromatic N) is 6. The maximum atomic E-state index is 13.3. The second-order valence-electron chi connectivity index (χ2n) is 9.03. The van der Waals surface area contributed by atoms with Crippen LogP contribution in [0.15, 0.2) is 67.5 Å². The molecule has 12 nitrogen and oxygen atoms in total. The van der Waals surface area contributed by atoms with Gasteiger partial charge in [-0.1, -0.05) is 36.7 Å². The lowest BCUT2D eigenvalue weighted by atomic mass is 9.95. The Morgan fingerprint density at radius 1 is 1.05 bits per heavy atom. The van der Waals surface area contributed by atoms with E-state index in [9.17, 15) is 25.0 Å². The molecule has 194 valence electrons. The third-order valence-corrected chi connectivity index (χ3v) is 6.26. The van der Waals surface area contributed by atoms with E-state index < -0.39 is 26.5 Å². The van der Waals surface area contributed by atoms with Crippen molar-refractivity contribution < 1.29 is 14.6 Å². The van der Waals surface area contributed by atoms with Crippen LogP contribution < -0.4 is 10.3 Å². The van der Waals surface area contributed by atoms with Crippen LogP contribution in [0.1, 0.15) is 32.2 Å². The molecule has 2 aromatic carbocycles. The zero-order valence-corrected chi connectivity index (χ0v) is 23.3. The minimum Gasteiger partial charge on any atom is -0.431 e. The summed E-state index contributed by atoms with van der Waals surface area (Å²) < 4.78 is 7.65. The Morgan fingerprint density at radius 2 is 1.79 bits per heavy atom. The summed E-state index contributed by atoms with van der Waals surface area (Å²) in [6, 6.07) is 10.3. The van der Waals surface area contributed by atoms with E-state index >= 15 is 0 Å². The molecule has 0 spiro atoms. The summed E-state index contributed by atoms with van der Waals surface area (Å²) in [5.41, 5.74) is -0.777. The molecule has 0 aliphatic heterocycles. The van der Waals surface area contributed by atoms with Crippen LogP contribution in [-0.2, 0) is 5.41 Å². The molecular formula is C24H18Br2N6O6. The number of hydrogen-bond acceptors (Lipinski definition) is 9. The Bertz CT molecular complexity index is 1680.